The fourth-order valence-corrected chi connectivity index (χ4v) is 2.31. The number of aryl methyl sites for hydroxylation is 1. The van der Waals surface area contributed by atoms with E-state index in [2.05, 4.69) is 9.72 Å². The average Bonchev–Trinajstić information content (AvgIpc) is 2.82. The van der Waals surface area contributed by atoms with Gasteiger partial charge in [-0.1, -0.05) is 6.07 Å². The normalized spacial score (nSPS) is 20.2. The van der Waals surface area contributed by atoms with E-state index in [-0.39, 0.29) is 5.92 Å². The van der Waals surface area contributed by atoms with E-state index in [9.17, 15) is 22.7 Å². The molecule has 1 N–H and O–H groups in total. The molecule has 3 nitrogen and oxygen atoms in total. The number of hydrogen-bond acceptors (Lipinski definition) is 3. The van der Waals surface area contributed by atoms with Gasteiger partial charge in [0.25, 0.3) is 0 Å². The molecule has 0 fully saturated rings. The zero-order chi connectivity index (χ0) is 14.8. The van der Waals surface area contributed by atoms with Crippen molar-refractivity contribution in [2.45, 2.75) is 37.2 Å². The van der Waals surface area contributed by atoms with E-state index in [4.69, 9.17) is 0 Å². The Morgan fingerprint density at radius 3 is 2.90 bits per heavy atom. The fourth-order valence-electron chi connectivity index (χ4n) is 2.31. The van der Waals surface area contributed by atoms with Crippen LogP contribution in [0, 0.1) is 0 Å². The van der Waals surface area contributed by atoms with Crippen molar-refractivity contribution in [3.8, 4) is 0 Å². The molecule has 1 aliphatic rings. The van der Waals surface area contributed by atoms with Crippen LogP contribution >= 0.6 is 0 Å². The van der Waals surface area contributed by atoms with E-state index in [1.165, 1.54) is 0 Å². The van der Waals surface area contributed by atoms with Crippen molar-refractivity contribution in [3.05, 3.63) is 29.6 Å². The van der Waals surface area contributed by atoms with E-state index in [0.717, 1.165) is 17.7 Å². The molecule has 7 heteroatoms. The maximum Gasteiger partial charge on any atom is 0.330 e. The Morgan fingerprint density at radius 2 is 2.20 bits per heavy atom. The first kappa shape index (κ1) is 15.2. The highest BCUT2D eigenvalue weighted by atomic mass is 19.3. The van der Waals surface area contributed by atoms with Crippen molar-refractivity contribution in [2.24, 2.45) is 0 Å². The maximum atomic E-state index is 12.6. The Kier molecular flexibility index (Phi) is 4.59. The summed E-state index contributed by atoms with van der Waals surface area (Å²) in [5.74, 6) is -4.49. The van der Waals surface area contributed by atoms with Crippen LogP contribution in [0.3, 0.4) is 0 Å². The predicted molar refractivity (Wildman–Crippen MR) is 63.1 cm³/mol. The third-order valence-corrected chi connectivity index (χ3v) is 3.37. The van der Waals surface area contributed by atoms with Crippen molar-refractivity contribution < 1.29 is 27.4 Å². The monoisotopic (exact) mass is 293 g/mol. The van der Waals surface area contributed by atoms with E-state index in [0.29, 0.717) is 6.42 Å². The number of fused-ring (bicyclic) bond motifs is 1. The minimum absolute atomic E-state index is 0.300. The van der Waals surface area contributed by atoms with Crippen molar-refractivity contribution >= 4 is 0 Å². The SMILES string of the molecule is OC(COCC(F)(F)C(F)F)C1CCc2cccnc21. The lowest BCUT2D eigenvalue weighted by Gasteiger charge is -2.20. The van der Waals surface area contributed by atoms with Crippen LogP contribution in [0.2, 0.25) is 0 Å². The topological polar surface area (TPSA) is 42.4 Å². The minimum Gasteiger partial charge on any atom is -0.390 e. The van der Waals surface area contributed by atoms with Gasteiger partial charge in [0.05, 0.1) is 12.7 Å². The first-order valence-electron chi connectivity index (χ1n) is 6.27. The van der Waals surface area contributed by atoms with Crippen LogP contribution in [-0.4, -0.2) is 41.8 Å². The third kappa shape index (κ3) is 3.27. The summed E-state index contributed by atoms with van der Waals surface area (Å²) in [6.07, 6.45) is -1.82. The molecule has 0 saturated heterocycles. The number of halogens is 4. The summed E-state index contributed by atoms with van der Waals surface area (Å²) in [5.41, 5.74) is 1.73. The Labute approximate surface area is 113 Å². The molecule has 112 valence electrons. The minimum atomic E-state index is -4.19. The molecular formula is C13H15F4NO2. The Balaban J connectivity index is 1.86. The molecule has 0 aliphatic heterocycles. The molecule has 2 atom stereocenters. The lowest BCUT2D eigenvalue weighted by Crippen LogP contribution is -2.34. The first-order valence-corrected chi connectivity index (χ1v) is 6.27. The summed E-state index contributed by atoms with van der Waals surface area (Å²) < 4.78 is 53.7. The van der Waals surface area contributed by atoms with Crippen LogP contribution in [0.25, 0.3) is 0 Å². The second kappa shape index (κ2) is 6.05. The number of rotatable bonds is 6. The van der Waals surface area contributed by atoms with Gasteiger partial charge < -0.3 is 9.84 Å². The summed E-state index contributed by atoms with van der Waals surface area (Å²) in [6, 6.07) is 3.67. The zero-order valence-corrected chi connectivity index (χ0v) is 10.6. The molecule has 0 amide bonds. The van der Waals surface area contributed by atoms with Gasteiger partial charge >= 0.3 is 12.3 Å². The molecule has 0 aromatic carbocycles. The van der Waals surface area contributed by atoms with E-state index in [1.54, 1.807) is 12.3 Å². The van der Waals surface area contributed by atoms with Crippen LogP contribution in [0.1, 0.15) is 23.6 Å². The van der Waals surface area contributed by atoms with Crippen molar-refractivity contribution in [1.82, 2.24) is 4.98 Å². The van der Waals surface area contributed by atoms with Crippen LogP contribution in [0.4, 0.5) is 17.6 Å². The quantitative estimate of drug-likeness (QED) is 0.819. The van der Waals surface area contributed by atoms with Gasteiger partial charge in [0, 0.05) is 17.8 Å². The second-order valence-corrected chi connectivity index (χ2v) is 4.84. The van der Waals surface area contributed by atoms with Gasteiger partial charge in [0.15, 0.2) is 0 Å². The number of nitrogens with zero attached hydrogens (tertiary/aromatic N) is 1. The Morgan fingerprint density at radius 1 is 1.45 bits per heavy atom. The van der Waals surface area contributed by atoms with E-state index in [1.807, 2.05) is 6.07 Å². The summed E-state index contributed by atoms with van der Waals surface area (Å²) in [5, 5.41) is 9.93. The highest BCUT2D eigenvalue weighted by Gasteiger charge is 2.41. The lowest BCUT2D eigenvalue weighted by atomic mass is 10.0. The van der Waals surface area contributed by atoms with Gasteiger partial charge in [0.2, 0.25) is 0 Å². The highest BCUT2D eigenvalue weighted by Crippen LogP contribution is 2.34. The summed E-state index contributed by atoms with van der Waals surface area (Å²) in [6.45, 7) is -1.81. The van der Waals surface area contributed by atoms with Crippen molar-refractivity contribution in [2.75, 3.05) is 13.2 Å². The van der Waals surface area contributed by atoms with Crippen molar-refractivity contribution in [1.29, 1.82) is 0 Å². The molecule has 1 heterocycles. The zero-order valence-electron chi connectivity index (χ0n) is 10.6. The maximum absolute atomic E-state index is 12.6. The van der Waals surface area contributed by atoms with E-state index < -0.39 is 31.7 Å². The second-order valence-electron chi connectivity index (χ2n) is 4.84. The third-order valence-electron chi connectivity index (χ3n) is 3.37. The number of aromatic nitrogens is 1. The van der Waals surface area contributed by atoms with Gasteiger partial charge in [-0.05, 0) is 24.5 Å². The van der Waals surface area contributed by atoms with Gasteiger partial charge in [-0.15, -0.1) is 0 Å². The highest BCUT2D eigenvalue weighted by molar-refractivity contribution is 5.29. The molecule has 1 aromatic heterocycles. The van der Waals surface area contributed by atoms with Gasteiger partial charge in [-0.3, -0.25) is 4.98 Å². The predicted octanol–water partition coefficient (Wildman–Crippen LogP) is 2.39. The molecule has 2 rings (SSSR count). The molecule has 0 radical (unpaired) electrons. The average molecular weight is 293 g/mol. The standard InChI is InChI=1S/C13H15F4NO2/c14-12(15)13(16,17)7-20-6-10(19)9-4-3-8-2-1-5-18-11(8)9/h1-2,5,9-10,12,19H,3-4,6-7H2. The fraction of sp³-hybridized carbons (Fsp3) is 0.615. The van der Waals surface area contributed by atoms with Crippen LogP contribution in [0.15, 0.2) is 18.3 Å². The smallest absolute Gasteiger partial charge is 0.330 e. The molecule has 0 bridgehead atoms. The van der Waals surface area contributed by atoms with E-state index >= 15 is 0 Å². The molecule has 2 unspecified atom stereocenters. The van der Waals surface area contributed by atoms with Gasteiger partial charge in [-0.2, -0.15) is 8.78 Å². The number of hydrogen-bond donors (Lipinski definition) is 1. The number of ether oxygens (including phenoxy) is 1. The number of pyridine rings is 1. The van der Waals surface area contributed by atoms with Crippen LogP contribution < -0.4 is 0 Å². The molecular weight excluding hydrogens is 278 g/mol. The number of aliphatic hydroxyl groups is 1. The van der Waals surface area contributed by atoms with Gasteiger partial charge in [0.1, 0.15) is 6.61 Å². The summed E-state index contributed by atoms with van der Waals surface area (Å²) >= 11 is 0. The molecule has 0 saturated carbocycles. The molecule has 20 heavy (non-hydrogen) atoms. The summed E-state index contributed by atoms with van der Waals surface area (Å²) in [7, 11) is 0. The molecule has 1 aliphatic carbocycles. The first-order chi connectivity index (χ1) is 9.42. The number of alkyl halides is 4. The van der Waals surface area contributed by atoms with Crippen LogP contribution in [-0.2, 0) is 11.2 Å². The molecule has 1 aromatic rings. The number of aliphatic hydroxyl groups excluding tert-OH is 1. The van der Waals surface area contributed by atoms with Crippen molar-refractivity contribution in [3.63, 3.8) is 0 Å². The van der Waals surface area contributed by atoms with Gasteiger partial charge in [-0.25, -0.2) is 8.78 Å². The Bertz CT molecular complexity index is 456. The Hall–Kier alpha value is -1.21. The summed E-state index contributed by atoms with van der Waals surface area (Å²) in [4.78, 5) is 4.16. The molecule has 0 spiro atoms. The largest absolute Gasteiger partial charge is 0.390 e. The van der Waals surface area contributed by atoms with Crippen LogP contribution in [0.5, 0.6) is 0 Å². The lowest BCUT2D eigenvalue weighted by molar-refractivity contribution is -0.171.